The van der Waals surface area contributed by atoms with Gasteiger partial charge in [0.1, 0.15) is 0 Å². The number of alkyl halides is 3. The summed E-state index contributed by atoms with van der Waals surface area (Å²) >= 11 is 0. The maximum atomic E-state index is 12.5. The van der Waals surface area contributed by atoms with Crippen molar-refractivity contribution >= 4 is 24.0 Å². The van der Waals surface area contributed by atoms with Gasteiger partial charge in [0.2, 0.25) is 0 Å². The minimum absolute atomic E-state index is 0. The number of carbonyl (C=O) groups excluding carboxylic acids is 1. The summed E-state index contributed by atoms with van der Waals surface area (Å²) in [5.41, 5.74) is 0.168. The molecule has 18 heavy (non-hydrogen) atoms. The Hall–Kier alpha value is -1.28. The lowest BCUT2D eigenvalue weighted by molar-refractivity contribution is -0.171. The molecule has 2 rings (SSSR count). The van der Waals surface area contributed by atoms with Crippen LogP contribution in [-0.4, -0.2) is 41.0 Å². The van der Waals surface area contributed by atoms with E-state index in [2.05, 4.69) is 10.4 Å². The highest BCUT2D eigenvalue weighted by molar-refractivity contribution is 5.97. The van der Waals surface area contributed by atoms with Gasteiger partial charge in [0.15, 0.2) is 0 Å². The number of nitrogens with zero attached hydrogens (tertiary/aromatic N) is 3. The molecule has 0 spiro atoms. The molecule has 0 unspecified atom stereocenters. The van der Waals surface area contributed by atoms with Crippen molar-refractivity contribution in [3.8, 4) is 0 Å². The summed E-state index contributed by atoms with van der Waals surface area (Å²) in [6, 6.07) is -0.465. The molecule has 1 saturated heterocycles. The number of halogens is 4. The Balaban J connectivity index is 0.00000162. The van der Waals surface area contributed by atoms with E-state index >= 15 is 0 Å². The van der Waals surface area contributed by atoms with E-state index in [1.54, 1.807) is 7.05 Å². The average Bonchev–Trinajstić information content (AvgIpc) is 2.55. The van der Waals surface area contributed by atoms with E-state index in [0.717, 1.165) is 4.90 Å². The molecular formula is C9H12ClF3N4O. The van der Waals surface area contributed by atoms with Gasteiger partial charge in [-0.3, -0.25) is 14.4 Å². The SMILES string of the molecule is Cl.Cn1cc(N(C(=O)C(F)(F)F)C2CNC2)cn1. The molecule has 102 valence electrons. The first kappa shape index (κ1) is 14.8. The summed E-state index contributed by atoms with van der Waals surface area (Å²) in [5, 5.41) is 6.61. The largest absolute Gasteiger partial charge is 0.471 e. The molecule has 0 aromatic carbocycles. The van der Waals surface area contributed by atoms with E-state index in [4.69, 9.17) is 0 Å². The molecule has 0 radical (unpaired) electrons. The summed E-state index contributed by atoms with van der Waals surface area (Å²) in [7, 11) is 1.58. The second kappa shape index (κ2) is 5.15. The summed E-state index contributed by atoms with van der Waals surface area (Å²) in [4.78, 5) is 12.1. The molecule has 1 N–H and O–H groups in total. The third-order valence-electron chi connectivity index (χ3n) is 2.56. The van der Waals surface area contributed by atoms with Gasteiger partial charge in [-0.15, -0.1) is 12.4 Å². The molecule has 0 bridgehead atoms. The van der Waals surface area contributed by atoms with E-state index < -0.39 is 18.1 Å². The summed E-state index contributed by atoms with van der Waals surface area (Å²) in [5.74, 6) is -1.85. The van der Waals surface area contributed by atoms with Gasteiger partial charge in [-0.1, -0.05) is 0 Å². The number of hydrogen-bond acceptors (Lipinski definition) is 3. The Bertz CT molecular complexity index is 430. The zero-order valence-corrected chi connectivity index (χ0v) is 10.3. The molecular weight excluding hydrogens is 273 g/mol. The normalized spacial score (nSPS) is 15.8. The van der Waals surface area contributed by atoms with Crippen LogP contribution in [0.15, 0.2) is 12.4 Å². The van der Waals surface area contributed by atoms with Gasteiger partial charge < -0.3 is 5.32 Å². The van der Waals surface area contributed by atoms with Crippen molar-refractivity contribution in [3.63, 3.8) is 0 Å². The summed E-state index contributed by atoms with van der Waals surface area (Å²) < 4.78 is 38.8. The fourth-order valence-corrected chi connectivity index (χ4v) is 1.62. The predicted molar refractivity (Wildman–Crippen MR) is 60.7 cm³/mol. The molecule has 1 fully saturated rings. The first-order chi connectivity index (χ1) is 7.89. The van der Waals surface area contributed by atoms with E-state index in [1.165, 1.54) is 17.1 Å². The Labute approximate surface area is 107 Å². The van der Waals surface area contributed by atoms with Crippen LogP contribution in [0.3, 0.4) is 0 Å². The van der Waals surface area contributed by atoms with Crippen molar-refractivity contribution < 1.29 is 18.0 Å². The Morgan fingerprint density at radius 1 is 1.56 bits per heavy atom. The van der Waals surface area contributed by atoms with Gasteiger partial charge in [0, 0.05) is 26.3 Å². The van der Waals surface area contributed by atoms with E-state index in [-0.39, 0.29) is 18.1 Å². The Kier molecular flexibility index (Phi) is 4.23. The van der Waals surface area contributed by atoms with Gasteiger partial charge in [0.25, 0.3) is 0 Å². The van der Waals surface area contributed by atoms with Gasteiger partial charge >= 0.3 is 12.1 Å². The van der Waals surface area contributed by atoms with Crippen molar-refractivity contribution in [2.24, 2.45) is 7.05 Å². The lowest BCUT2D eigenvalue weighted by Crippen LogP contribution is -2.61. The second-order valence-electron chi connectivity index (χ2n) is 3.86. The maximum absolute atomic E-state index is 12.5. The van der Waals surface area contributed by atoms with E-state index in [1.807, 2.05) is 0 Å². The van der Waals surface area contributed by atoms with E-state index in [0.29, 0.717) is 13.1 Å². The van der Waals surface area contributed by atoms with Crippen molar-refractivity contribution in [2.75, 3.05) is 18.0 Å². The minimum atomic E-state index is -4.87. The van der Waals surface area contributed by atoms with E-state index in [9.17, 15) is 18.0 Å². The quantitative estimate of drug-likeness (QED) is 0.870. The monoisotopic (exact) mass is 284 g/mol. The smallest absolute Gasteiger partial charge is 0.313 e. The van der Waals surface area contributed by atoms with Crippen molar-refractivity contribution in [3.05, 3.63) is 12.4 Å². The number of carbonyl (C=O) groups is 1. The van der Waals surface area contributed by atoms with Gasteiger partial charge in [-0.25, -0.2) is 0 Å². The molecule has 1 aliphatic heterocycles. The standard InChI is InChI=1S/C9H11F3N4O.ClH/c1-15-5-7(4-14-15)16(6-2-13-3-6)8(17)9(10,11)12;/h4-6,13H,2-3H2,1H3;1H. The van der Waals surface area contributed by atoms with Crippen molar-refractivity contribution in [2.45, 2.75) is 12.2 Å². The zero-order chi connectivity index (χ0) is 12.6. The molecule has 1 aliphatic rings. The second-order valence-corrected chi connectivity index (χ2v) is 3.86. The third-order valence-corrected chi connectivity index (χ3v) is 2.56. The number of anilines is 1. The van der Waals surface area contributed by atoms with Crippen LogP contribution in [0, 0.1) is 0 Å². The zero-order valence-electron chi connectivity index (χ0n) is 9.44. The highest BCUT2D eigenvalue weighted by Crippen LogP contribution is 2.26. The first-order valence-electron chi connectivity index (χ1n) is 4.99. The summed E-state index contributed by atoms with van der Waals surface area (Å²) in [6.45, 7) is 0.716. The maximum Gasteiger partial charge on any atom is 0.471 e. The van der Waals surface area contributed by atoms with Gasteiger partial charge in [-0.05, 0) is 0 Å². The van der Waals surface area contributed by atoms with Crippen LogP contribution in [0.1, 0.15) is 0 Å². The minimum Gasteiger partial charge on any atom is -0.313 e. The molecule has 2 heterocycles. The number of aryl methyl sites for hydroxylation is 1. The number of amides is 1. The highest BCUT2D eigenvalue weighted by Gasteiger charge is 2.46. The first-order valence-corrected chi connectivity index (χ1v) is 4.99. The van der Waals surface area contributed by atoms with Crippen LogP contribution in [0.2, 0.25) is 0 Å². The number of hydrogen-bond donors (Lipinski definition) is 1. The molecule has 1 aromatic heterocycles. The lowest BCUT2D eigenvalue weighted by Gasteiger charge is -2.37. The van der Waals surface area contributed by atoms with Crippen LogP contribution in [0.5, 0.6) is 0 Å². The lowest BCUT2D eigenvalue weighted by atomic mass is 10.1. The van der Waals surface area contributed by atoms with Gasteiger partial charge in [0.05, 0.1) is 17.9 Å². The number of aromatic nitrogens is 2. The molecule has 0 saturated carbocycles. The Morgan fingerprint density at radius 3 is 2.50 bits per heavy atom. The molecule has 0 atom stereocenters. The van der Waals surface area contributed by atoms with Crippen LogP contribution < -0.4 is 10.2 Å². The topological polar surface area (TPSA) is 50.2 Å². The van der Waals surface area contributed by atoms with Crippen LogP contribution in [0.25, 0.3) is 0 Å². The highest BCUT2D eigenvalue weighted by atomic mass is 35.5. The van der Waals surface area contributed by atoms with Crippen molar-refractivity contribution in [1.29, 1.82) is 0 Å². The predicted octanol–water partition coefficient (Wildman–Crippen LogP) is 0.709. The van der Waals surface area contributed by atoms with Gasteiger partial charge in [-0.2, -0.15) is 18.3 Å². The van der Waals surface area contributed by atoms with Crippen LogP contribution in [-0.2, 0) is 11.8 Å². The molecule has 0 aliphatic carbocycles. The summed E-state index contributed by atoms with van der Waals surface area (Å²) in [6.07, 6.45) is -2.23. The molecule has 1 amide bonds. The molecule has 1 aromatic rings. The number of rotatable bonds is 2. The fourth-order valence-electron chi connectivity index (χ4n) is 1.62. The van der Waals surface area contributed by atoms with Crippen LogP contribution >= 0.6 is 12.4 Å². The average molecular weight is 285 g/mol. The van der Waals surface area contributed by atoms with Crippen LogP contribution in [0.4, 0.5) is 18.9 Å². The Morgan fingerprint density at radius 2 is 2.17 bits per heavy atom. The number of nitrogens with one attached hydrogen (secondary N) is 1. The van der Waals surface area contributed by atoms with Crippen molar-refractivity contribution in [1.82, 2.24) is 15.1 Å². The fraction of sp³-hybridized carbons (Fsp3) is 0.556. The molecule has 9 heteroatoms. The molecule has 5 nitrogen and oxygen atoms in total. The third kappa shape index (κ3) is 2.75.